The minimum absolute atomic E-state index is 0.114. The van der Waals surface area contributed by atoms with Crippen LogP contribution in [-0.4, -0.2) is 25.9 Å². The lowest BCUT2D eigenvalue weighted by atomic mass is 10.1. The second-order valence-electron chi connectivity index (χ2n) is 4.79. The lowest BCUT2D eigenvalue weighted by Crippen LogP contribution is -2.25. The maximum Gasteiger partial charge on any atom is 0.240 e. The molecule has 1 heterocycles. The Morgan fingerprint density at radius 3 is 2.50 bits per heavy atom. The van der Waals surface area contributed by atoms with Crippen molar-refractivity contribution in [2.75, 3.05) is 6.54 Å². The summed E-state index contributed by atoms with van der Waals surface area (Å²) in [6, 6.07) is 10.1. The Morgan fingerprint density at radius 2 is 1.91 bits per heavy atom. The van der Waals surface area contributed by atoms with Gasteiger partial charge in [0.2, 0.25) is 15.9 Å². The van der Waals surface area contributed by atoms with Crippen LogP contribution in [0.25, 0.3) is 0 Å². The number of rotatable bonds is 7. The van der Waals surface area contributed by atoms with Crippen LogP contribution in [0.3, 0.4) is 0 Å². The lowest BCUT2D eigenvalue weighted by molar-refractivity contribution is -0.120. The van der Waals surface area contributed by atoms with Crippen LogP contribution in [0.5, 0.6) is 0 Å². The number of hydrogen-bond donors (Lipinski definition) is 3. The molecule has 2 rings (SSSR count). The summed E-state index contributed by atoms with van der Waals surface area (Å²) >= 11 is 0. The van der Waals surface area contributed by atoms with E-state index >= 15 is 0 Å². The summed E-state index contributed by atoms with van der Waals surface area (Å²) in [5, 5.41) is 2.80. The number of nitrogens with one attached hydrogen (secondary N) is 3. The van der Waals surface area contributed by atoms with E-state index in [1.807, 2.05) is 12.1 Å². The number of hydrogen-bond acceptors (Lipinski definition) is 3. The average molecular weight is 321 g/mol. The Hall–Kier alpha value is -2.12. The normalized spacial score (nSPS) is 11.3. The van der Waals surface area contributed by atoms with Crippen LogP contribution in [0, 0.1) is 0 Å². The highest BCUT2D eigenvalue weighted by Crippen LogP contribution is 2.11. The third-order valence-electron chi connectivity index (χ3n) is 3.07. The number of carbonyl (C=O) groups excluding carboxylic acids is 1. The minimum atomic E-state index is -3.45. The summed E-state index contributed by atoms with van der Waals surface area (Å²) in [5.74, 6) is -0.114. The molecular formula is C15H19N3O3S. The first-order valence-electron chi connectivity index (χ1n) is 6.99. The highest BCUT2D eigenvalue weighted by Gasteiger charge is 2.12. The first-order chi connectivity index (χ1) is 10.5. The summed E-state index contributed by atoms with van der Waals surface area (Å²) in [5.41, 5.74) is 1.69. The van der Waals surface area contributed by atoms with Crippen molar-refractivity contribution in [1.29, 1.82) is 0 Å². The molecule has 0 unspecified atom stereocenters. The van der Waals surface area contributed by atoms with Gasteiger partial charge in [-0.25, -0.2) is 13.1 Å². The summed E-state index contributed by atoms with van der Waals surface area (Å²) < 4.78 is 26.0. The van der Waals surface area contributed by atoms with Crippen molar-refractivity contribution in [2.45, 2.75) is 24.8 Å². The van der Waals surface area contributed by atoms with Crippen molar-refractivity contribution in [3.8, 4) is 0 Å². The lowest BCUT2D eigenvalue weighted by Gasteiger charge is -2.07. The number of amides is 1. The molecule has 6 nitrogen and oxygen atoms in total. The Bertz CT molecular complexity index is 707. The molecule has 7 heteroatoms. The second-order valence-corrected chi connectivity index (χ2v) is 6.56. The van der Waals surface area contributed by atoms with Crippen molar-refractivity contribution in [2.24, 2.45) is 0 Å². The van der Waals surface area contributed by atoms with E-state index < -0.39 is 10.0 Å². The molecular weight excluding hydrogens is 302 g/mol. The molecule has 0 bridgehead atoms. The monoisotopic (exact) mass is 321 g/mol. The zero-order valence-electron chi connectivity index (χ0n) is 12.3. The van der Waals surface area contributed by atoms with Gasteiger partial charge >= 0.3 is 0 Å². The number of sulfonamides is 1. The van der Waals surface area contributed by atoms with E-state index in [1.165, 1.54) is 12.1 Å². The molecule has 0 saturated carbocycles. The second kappa shape index (κ2) is 7.24. The van der Waals surface area contributed by atoms with Gasteiger partial charge in [0.1, 0.15) is 0 Å². The molecule has 118 valence electrons. The van der Waals surface area contributed by atoms with E-state index in [9.17, 15) is 13.2 Å². The van der Waals surface area contributed by atoms with Gasteiger partial charge < -0.3 is 10.3 Å². The molecule has 0 spiro atoms. The van der Waals surface area contributed by atoms with E-state index in [0.29, 0.717) is 13.1 Å². The SMILES string of the molecule is CCNS(=O)(=O)c1ccc(CC(=O)NCc2ccc[nH]2)cc1. The molecule has 22 heavy (non-hydrogen) atoms. The van der Waals surface area contributed by atoms with Crippen LogP contribution >= 0.6 is 0 Å². The summed E-state index contributed by atoms with van der Waals surface area (Å²) in [4.78, 5) is 15.0. The maximum atomic E-state index is 11.8. The van der Waals surface area contributed by atoms with Gasteiger partial charge in [-0.05, 0) is 29.8 Å². The smallest absolute Gasteiger partial charge is 0.240 e. The van der Waals surface area contributed by atoms with Crippen molar-refractivity contribution in [3.63, 3.8) is 0 Å². The zero-order chi connectivity index (χ0) is 16.0. The van der Waals surface area contributed by atoms with E-state index in [1.54, 1.807) is 25.3 Å². The fourth-order valence-corrected chi connectivity index (χ4v) is 3.02. The van der Waals surface area contributed by atoms with Crippen molar-refractivity contribution >= 4 is 15.9 Å². The van der Waals surface area contributed by atoms with Gasteiger partial charge in [0.25, 0.3) is 0 Å². The first-order valence-corrected chi connectivity index (χ1v) is 8.47. The predicted molar refractivity (Wildman–Crippen MR) is 83.6 cm³/mol. The molecule has 1 aromatic carbocycles. The molecule has 0 aliphatic heterocycles. The standard InChI is InChI=1S/C15H19N3O3S/c1-2-18-22(20,21)14-7-5-12(6-8-14)10-15(19)17-11-13-4-3-9-16-13/h3-9,16,18H,2,10-11H2,1H3,(H,17,19). The topological polar surface area (TPSA) is 91.1 Å². The van der Waals surface area contributed by atoms with Crippen molar-refractivity contribution < 1.29 is 13.2 Å². The van der Waals surface area contributed by atoms with Gasteiger partial charge in [0, 0.05) is 18.4 Å². The van der Waals surface area contributed by atoms with Gasteiger partial charge in [-0.15, -0.1) is 0 Å². The molecule has 2 aromatic rings. The van der Waals surface area contributed by atoms with E-state index in [-0.39, 0.29) is 17.2 Å². The van der Waals surface area contributed by atoms with E-state index in [0.717, 1.165) is 11.3 Å². The molecule has 1 aromatic heterocycles. The number of benzene rings is 1. The average Bonchev–Trinajstić information content (AvgIpc) is 2.99. The highest BCUT2D eigenvalue weighted by atomic mass is 32.2. The van der Waals surface area contributed by atoms with Crippen LogP contribution < -0.4 is 10.0 Å². The molecule has 3 N–H and O–H groups in total. The summed E-state index contributed by atoms with van der Waals surface area (Å²) in [7, 11) is -3.45. The summed E-state index contributed by atoms with van der Waals surface area (Å²) in [6.45, 7) is 2.50. The van der Waals surface area contributed by atoms with Crippen LogP contribution in [0.15, 0.2) is 47.5 Å². The molecule has 0 atom stereocenters. The maximum absolute atomic E-state index is 11.8. The van der Waals surface area contributed by atoms with Crippen LogP contribution in [0.2, 0.25) is 0 Å². The van der Waals surface area contributed by atoms with Crippen molar-refractivity contribution in [3.05, 3.63) is 53.9 Å². The zero-order valence-corrected chi connectivity index (χ0v) is 13.1. The third-order valence-corrected chi connectivity index (χ3v) is 4.63. The minimum Gasteiger partial charge on any atom is -0.364 e. The molecule has 0 fully saturated rings. The van der Waals surface area contributed by atoms with Gasteiger partial charge in [-0.3, -0.25) is 4.79 Å². The number of carbonyl (C=O) groups is 1. The molecule has 1 amide bonds. The number of aromatic amines is 1. The number of H-pyrrole nitrogens is 1. The Balaban J connectivity index is 1.92. The Labute approximate surface area is 130 Å². The van der Waals surface area contributed by atoms with E-state index in [4.69, 9.17) is 0 Å². The number of aromatic nitrogens is 1. The summed E-state index contributed by atoms with van der Waals surface area (Å²) in [6.07, 6.45) is 2.01. The largest absolute Gasteiger partial charge is 0.364 e. The van der Waals surface area contributed by atoms with Crippen molar-refractivity contribution in [1.82, 2.24) is 15.0 Å². The molecule has 0 saturated heterocycles. The Kier molecular flexibility index (Phi) is 5.35. The molecule has 0 aliphatic rings. The van der Waals surface area contributed by atoms with Crippen LogP contribution in [0.1, 0.15) is 18.2 Å². The van der Waals surface area contributed by atoms with Crippen LogP contribution in [0.4, 0.5) is 0 Å². The van der Waals surface area contributed by atoms with Gasteiger partial charge in [-0.2, -0.15) is 0 Å². The first kappa shape index (κ1) is 16.3. The van der Waals surface area contributed by atoms with Gasteiger partial charge in [-0.1, -0.05) is 19.1 Å². The third kappa shape index (κ3) is 4.44. The molecule has 0 radical (unpaired) electrons. The Morgan fingerprint density at radius 1 is 1.18 bits per heavy atom. The fraction of sp³-hybridized carbons (Fsp3) is 0.267. The van der Waals surface area contributed by atoms with E-state index in [2.05, 4.69) is 15.0 Å². The van der Waals surface area contributed by atoms with Gasteiger partial charge in [0.05, 0.1) is 17.9 Å². The van der Waals surface area contributed by atoms with Crippen LogP contribution in [-0.2, 0) is 27.8 Å². The highest BCUT2D eigenvalue weighted by molar-refractivity contribution is 7.89. The van der Waals surface area contributed by atoms with Gasteiger partial charge in [0.15, 0.2) is 0 Å². The predicted octanol–water partition coefficient (Wildman–Crippen LogP) is 1.17. The fourth-order valence-electron chi connectivity index (χ4n) is 1.98. The quantitative estimate of drug-likeness (QED) is 0.715. The molecule has 0 aliphatic carbocycles.